The molecule has 0 heterocycles. The Morgan fingerprint density at radius 1 is 1.38 bits per heavy atom. The highest BCUT2D eigenvalue weighted by molar-refractivity contribution is 5.90. The van der Waals surface area contributed by atoms with E-state index < -0.39 is 0 Å². The van der Waals surface area contributed by atoms with Crippen LogP contribution in [0.1, 0.15) is 13.8 Å². The predicted molar refractivity (Wildman–Crippen MR) is 37.4 cm³/mol. The van der Waals surface area contributed by atoms with Crippen molar-refractivity contribution in [2.45, 2.75) is 13.8 Å². The average Bonchev–Trinajstić information content (AvgIpc) is 1.61. The molecule has 44 valence electrons. The summed E-state index contributed by atoms with van der Waals surface area (Å²) in [6.07, 6.45) is 3.55. The van der Waals surface area contributed by atoms with Crippen LogP contribution in [0.5, 0.6) is 0 Å². The molecule has 0 aromatic carbocycles. The summed E-state index contributed by atoms with van der Waals surface area (Å²) in [4.78, 5) is 0. The van der Waals surface area contributed by atoms with E-state index in [1.165, 1.54) is 0 Å². The summed E-state index contributed by atoms with van der Waals surface area (Å²) in [5.74, 6) is 0. The second kappa shape index (κ2) is 3.19. The molecular weight excluding hydrogens is 98.1 g/mol. The number of hydrogen-bond donors (Lipinski definition) is 1. The molecule has 0 spiro atoms. The van der Waals surface area contributed by atoms with Crippen molar-refractivity contribution in [1.29, 1.82) is 5.41 Å². The van der Waals surface area contributed by atoms with E-state index >= 15 is 0 Å². The highest BCUT2D eigenvalue weighted by Crippen LogP contribution is 1.87. The first-order valence-electron chi connectivity index (χ1n) is 2.51. The Kier molecular flexibility index (Phi) is 2.85. The third-order valence-corrected chi connectivity index (χ3v) is 0.618. The van der Waals surface area contributed by atoms with Crippen molar-refractivity contribution in [3.8, 4) is 0 Å². The molecule has 0 atom stereocenters. The van der Waals surface area contributed by atoms with Crippen LogP contribution in [-0.2, 0) is 0 Å². The van der Waals surface area contributed by atoms with Crippen LogP contribution < -0.4 is 0 Å². The van der Waals surface area contributed by atoms with Gasteiger partial charge in [-0.2, -0.15) is 0 Å². The molecule has 0 aliphatic rings. The second-order valence-electron chi connectivity index (χ2n) is 1.86. The SMILES string of the molecule is C=C(C)C=CC(C)=N. The monoisotopic (exact) mass is 109 g/mol. The Bertz CT molecular complexity index is 115. The summed E-state index contributed by atoms with van der Waals surface area (Å²) >= 11 is 0. The zero-order valence-electron chi connectivity index (χ0n) is 5.36. The van der Waals surface area contributed by atoms with Crippen LogP contribution in [0.25, 0.3) is 0 Å². The van der Waals surface area contributed by atoms with Gasteiger partial charge in [-0.3, -0.25) is 0 Å². The topological polar surface area (TPSA) is 23.9 Å². The van der Waals surface area contributed by atoms with Gasteiger partial charge in [0, 0.05) is 5.71 Å². The Morgan fingerprint density at radius 3 is 2.00 bits per heavy atom. The predicted octanol–water partition coefficient (Wildman–Crippen LogP) is 2.16. The van der Waals surface area contributed by atoms with Gasteiger partial charge in [0.15, 0.2) is 0 Å². The standard InChI is InChI=1S/C7H11N/c1-6(2)4-5-7(3)8/h4-5,8H,1H2,2-3H3. The molecule has 0 aromatic heterocycles. The van der Waals surface area contributed by atoms with Gasteiger partial charge >= 0.3 is 0 Å². The van der Waals surface area contributed by atoms with E-state index in [-0.39, 0.29) is 0 Å². The summed E-state index contributed by atoms with van der Waals surface area (Å²) in [6, 6.07) is 0. The minimum absolute atomic E-state index is 0.563. The quantitative estimate of drug-likeness (QED) is 0.415. The lowest BCUT2D eigenvalue weighted by molar-refractivity contribution is 1.48. The highest BCUT2D eigenvalue weighted by atomic mass is 14.4. The summed E-state index contributed by atoms with van der Waals surface area (Å²) in [5.41, 5.74) is 1.55. The van der Waals surface area contributed by atoms with Crippen LogP contribution in [0.2, 0.25) is 0 Å². The number of allylic oxidation sites excluding steroid dienone is 3. The van der Waals surface area contributed by atoms with E-state index in [2.05, 4.69) is 6.58 Å². The average molecular weight is 109 g/mol. The van der Waals surface area contributed by atoms with Crippen molar-refractivity contribution < 1.29 is 0 Å². The van der Waals surface area contributed by atoms with Gasteiger partial charge in [0.2, 0.25) is 0 Å². The van der Waals surface area contributed by atoms with Crippen molar-refractivity contribution in [1.82, 2.24) is 0 Å². The number of rotatable bonds is 2. The fourth-order valence-electron chi connectivity index (χ4n) is 0.267. The third-order valence-electron chi connectivity index (χ3n) is 0.618. The van der Waals surface area contributed by atoms with Gasteiger partial charge in [-0.05, 0) is 19.9 Å². The molecule has 0 aromatic rings. The summed E-state index contributed by atoms with van der Waals surface area (Å²) in [6.45, 7) is 7.28. The Hall–Kier alpha value is -0.850. The lowest BCUT2D eigenvalue weighted by Crippen LogP contribution is -1.77. The molecule has 0 amide bonds. The lowest BCUT2D eigenvalue weighted by Gasteiger charge is -1.82. The van der Waals surface area contributed by atoms with Gasteiger partial charge in [-0.15, -0.1) is 0 Å². The summed E-state index contributed by atoms with van der Waals surface area (Å²) in [5, 5.41) is 6.96. The maximum Gasteiger partial charge on any atom is 0.0283 e. The maximum absolute atomic E-state index is 6.96. The van der Waals surface area contributed by atoms with Gasteiger partial charge in [0.05, 0.1) is 0 Å². The third kappa shape index (κ3) is 5.15. The van der Waals surface area contributed by atoms with Crippen LogP contribution in [0.3, 0.4) is 0 Å². The van der Waals surface area contributed by atoms with Gasteiger partial charge in [0.1, 0.15) is 0 Å². The largest absolute Gasteiger partial charge is 0.306 e. The van der Waals surface area contributed by atoms with Crippen LogP contribution in [0.4, 0.5) is 0 Å². The fourth-order valence-corrected chi connectivity index (χ4v) is 0.267. The van der Waals surface area contributed by atoms with Crippen LogP contribution in [0, 0.1) is 5.41 Å². The van der Waals surface area contributed by atoms with E-state index in [1.54, 1.807) is 13.0 Å². The van der Waals surface area contributed by atoms with Gasteiger partial charge in [0.25, 0.3) is 0 Å². The molecule has 0 radical (unpaired) electrons. The Balaban J connectivity index is 3.67. The number of nitrogens with one attached hydrogen (secondary N) is 1. The van der Waals surface area contributed by atoms with Crippen molar-refractivity contribution >= 4 is 5.71 Å². The smallest absolute Gasteiger partial charge is 0.0283 e. The molecule has 0 saturated carbocycles. The van der Waals surface area contributed by atoms with Crippen LogP contribution >= 0.6 is 0 Å². The molecular formula is C7H11N. The van der Waals surface area contributed by atoms with Crippen LogP contribution in [-0.4, -0.2) is 5.71 Å². The van der Waals surface area contributed by atoms with Crippen molar-refractivity contribution in [2.24, 2.45) is 0 Å². The van der Waals surface area contributed by atoms with Crippen molar-refractivity contribution in [3.63, 3.8) is 0 Å². The molecule has 0 bridgehead atoms. The van der Waals surface area contributed by atoms with E-state index in [9.17, 15) is 0 Å². The van der Waals surface area contributed by atoms with E-state index in [0.717, 1.165) is 5.57 Å². The minimum Gasteiger partial charge on any atom is -0.306 e. The summed E-state index contributed by atoms with van der Waals surface area (Å²) < 4.78 is 0. The van der Waals surface area contributed by atoms with Gasteiger partial charge < -0.3 is 5.41 Å². The first-order chi connectivity index (χ1) is 3.63. The first kappa shape index (κ1) is 7.15. The van der Waals surface area contributed by atoms with Crippen LogP contribution in [0.15, 0.2) is 24.3 Å². The fraction of sp³-hybridized carbons (Fsp3) is 0.286. The summed E-state index contributed by atoms with van der Waals surface area (Å²) in [7, 11) is 0. The Labute approximate surface area is 50.2 Å². The molecule has 0 fully saturated rings. The molecule has 1 nitrogen and oxygen atoms in total. The van der Waals surface area contributed by atoms with E-state index in [1.807, 2.05) is 13.0 Å². The molecule has 0 aliphatic heterocycles. The van der Waals surface area contributed by atoms with E-state index in [0.29, 0.717) is 5.71 Å². The van der Waals surface area contributed by atoms with Crippen molar-refractivity contribution in [3.05, 3.63) is 24.3 Å². The molecule has 0 aliphatic carbocycles. The molecule has 8 heavy (non-hydrogen) atoms. The van der Waals surface area contributed by atoms with E-state index in [4.69, 9.17) is 5.41 Å². The molecule has 1 N–H and O–H groups in total. The number of hydrogen-bond acceptors (Lipinski definition) is 1. The molecule has 0 unspecified atom stereocenters. The highest BCUT2D eigenvalue weighted by Gasteiger charge is 1.74. The lowest BCUT2D eigenvalue weighted by atomic mass is 10.3. The van der Waals surface area contributed by atoms with Gasteiger partial charge in [-0.25, -0.2) is 0 Å². The molecule has 1 heteroatoms. The normalized spacial score (nSPS) is 9.75. The minimum atomic E-state index is 0.563. The zero-order chi connectivity index (χ0) is 6.57. The van der Waals surface area contributed by atoms with Gasteiger partial charge in [-0.1, -0.05) is 18.2 Å². The maximum atomic E-state index is 6.96. The van der Waals surface area contributed by atoms with Crippen molar-refractivity contribution in [2.75, 3.05) is 0 Å². The first-order valence-corrected chi connectivity index (χ1v) is 2.51. The molecule has 0 rings (SSSR count). The Morgan fingerprint density at radius 2 is 1.88 bits per heavy atom. The zero-order valence-corrected chi connectivity index (χ0v) is 5.36. The second-order valence-corrected chi connectivity index (χ2v) is 1.86. The molecule has 0 saturated heterocycles.